The van der Waals surface area contributed by atoms with Crippen LogP contribution in [-0.4, -0.2) is 244 Å². The zero-order valence-corrected chi connectivity index (χ0v) is 54.2. The summed E-state index contributed by atoms with van der Waals surface area (Å²) < 4.78 is 0. The predicted octanol–water partition coefficient (Wildman–Crippen LogP) is -8.93. The highest BCUT2D eigenvalue weighted by Crippen LogP contribution is 2.20. The number of carbonyl (C=O) groups excluding carboxylic acids is 14. The van der Waals surface area contributed by atoms with Crippen molar-refractivity contribution < 1.29 is 86.9 Å². The van der Waals surface area contributed by atoms with Crippen LogP contribution in [-0.2, 0) is 83.1 Å². The average Bonchev–Trinajstić information content (AvgIpc) is 1.66. The van der Waals surface area contributed by atoms with Gasteiger partial charge < -0.3 is 112 Å². The molecular formula is C57H93N21O18. The Hall–Kier alpha value is -10.1. The fraction of sp³-hybridized carbons (Fsp3) is 0.649. The van der Waals surface area contributed by atoms with E-state index in [0.29, 0.717) is 37.9 Å². The molecule has 39 nitrogen and oxygen atoms in total. The first-order chi connectivity index (χ1) is 45.4. The van der Waals surface area contributed by atoms with Gasteiger partial charge in [-0.05, 0) is 82.6 Å². The molecule has 1 aromatic heterocycles. The lowest BCUT2D eigenvalue weighted by atomic mass is 10.0. The van der Waals surface area contributed by atoms with E-state index >= 15 is 0 Å². The molecule has 2 aliphatic heterocycles. The number of nitrogens with zero attached hydrogens (tertiary/aromatic N) is 4. The maximum absolute atomic E-state index is 14.1. The van der Waals surface area contributed by atoms with E-state index in [1.54, 1.807) is 27.7 Å². The molecule has 0 bridgehead atoms. The SMILES string of the molecule is CC(C)[C@H](NC(=O)[C@@H]1CCCN1C(=O)CN)C(=O)NCC(=O)N1CCC[C@H]1C(=O)N[C@H](C(=O)NCC(=O)N[C@@H](CCCCN)C(=O)N[C@@H](Cc1cnc[nH]1)C(=O)NCC(=O)N[C@@H](CC(N)=O)C(=O)N[C@@H](CCCN=C(N)N)C(=O)NCC(=O)N[C@@H](CCC(=O)O)C(=O)O)C(C)C. The quantitative estimate of drug-likeness (QED) is 0.0164. The van der Waals surface area contributed by atoms with E-state index in [2.05, 4.69) is 73.4 Å². The number of carbonyl (C=O) groups is 16. The number of rotatable bonds is 42. The van der Waals surface area contributed by atoms with E-state index in [4.69, 9.17) is 33.8 Å². The summed E-state index contributed by atoms with van der Waals surface area (Å²) in [6.07, 6.45) is 2.49. The molecule has 0 spiro atoms. The molecule has 3 heterocycles. The van der Waals surface area contributed by atoms with Crippen molar-refractivity contribution in [3.63, 3.8) is 0 Å². The predicted molar refractivity (Wildman–Crippen MR) is 337 cm³/mol. The molecule has 2 fully saturated rings. The van der Waals surface area contributed by atoms with Crippen molar-refractivity contribution in [3.8, 4) is 0 Å². The Bertz CT molecular complexity index is 2940. The third kappa shape index (κ3) is 27.9. The molecule has 9 atom stereocenters. The minimum absolute atomic E-state index is 0.0255. The van der Waals surface area contributed by atoms with Crippen molar-refractivity contribution in [1.29, 1.82) is 0 Å². The highest BCUT2D eigenvalue weighted by atomic mass is 16.4. The zero-order chi connectivity index (χ0) is 71.8. The number of primary amides is 1. The number of aliphatic imine (C=N–C) groups is 1. The molecule has 0 unspecified atom stereocenters. The van der Waals surface area contributed by atoms with Crippen LogP contribution in [0, 0.1) is 11.8 Å². The lowest BCUT2D eigenvalue weighted by Gasteiger charge is -2.29. The number of carboxylic acids is 2. The first-order valence-electron chi connectivity index (χ1n) is 31.3. The number of H-pyrrole nitrogens is 1. The molecular weight excluding hydrogens is 1270 g/mol. The fourth-order valence-electron chi connectivity index (χ4n) is 10.2. The van der Waals surface area contributed by atoms with E-state index < -0.39 is 206 Å². The second-order valence-electron chi connectivity index (χ2n) is 23.5. The monoisotopic (exact) mass is 1360 g/mol. The highest BCUT2D eigenvalue weighted by molar-refractivity contribution is 5.99. The van der Waals surface area contributed by atoms with Gasteiger partial charge in [-0.2, -0.15) is 0 Å². The number of likely N-dealkylation sites (tertiary alicyclic amines) is 2. The van der Waals surface area contributed by atoms with Gasteiger partial charge in [0.15, 0.2) is 5.96 Å². The molecule has 534 valence electrons. The van der Waals surface area contributed by atoms with Gasteiger partial charge in [0.05, 0.1) is 45.5 Å². The molecule has 2 aliphatic rings. The summed E-state index contributed by atoms with van der Waals surface area (Å²) in [4.78, 5) is 222. The van der Waals surface area contributed by atoms with Crippen molar-refractivity contribution in [2.75, 3.05) is 58.9 Å². The third-order valence-electron chi connectivity index (χ3n) is 15.2. The Morgan fingerprint density at radius 2 is 1.03 bits per heavy atom. The van der Waals surface area contributed by atoms with Gasteiger partial charge in [0.2, 0.25) is 82.7 Å². The van der Waals surface area contributed by atoms with E-state index in [0.717, 1.165) is 0 Å². The van der Waals surface area contributed by atoms with Gasteiger partial charge in [0.25, 0.3) is 0 Å². The number of nitrogens with two attached hydrogens (primary N) is 5. The molecule has 14 amide bonds. The minimum Gasteiger partial charge on any atom is -0.481 e. The first-order valence-corrected chi connectivity index (χ1v) is 31.3. The molecule has 1 aromatic rings. The number of guanidine groups is 1. The second-order valence-corrected chi connectivity index (χ2v) is 23.5. The zero-order valence-electron chi connectivity index (χ0n) is 54.2. The van der Waals surface area contributed by atoms with Crippen molar-refractivity contribution in [2.24, 2.45) is 45.5 Å². The summed E-state index contributed by atoms with van der Waals surface area (Å²) >= 11 is 0. The minimum atomic E-state index is -1.79. The number of imidazole rings is 1. The number of hydrogen-bond donors (Lipinski definition) is 19. The van der Waals surface area contributed by atoms with E-state index in [-0.39, 0.29) is 70.7 Å². The molecule has 39 heteroatoms. The van der Waals surface area contributed by atoms with Crippen LogP contribution < -0.4 is 87.2 Å². The number of aromatic nitrogens is 2. The largest absolute Gasteiger partial charge is 0.481 e. The van der Waals surface area contributed by atoms with Gasteiger partial charge in [0.1, 0.15) is 54.4 Å². The van der Waals surface area contributed by atoms with Crippen LogP contribution in [0.1, 0.15) is 110 Å². The second kappa shape index (κ2) is 40.9. The fourth-order valence-corrected chi connectivity index (χ4v) is 10.2. The van der Waals surface area contributed by atoms with Crippen molar-refractivity contribution in [3.05, 3.63) is 18.2 Å². The smallest absolute Gasteiger partial charge is 0.326 e. The average molecular weight is 1360 g/mol. The van der Waals surface area contributed by atoms with Crippen LogP contribution in [0.5, 0.6) is 0 Å². The van der Waals surface area contributed by atoms with Gasteiger partial charge >= 0.3 is 11.9 Å². The lowest BCUT2D eigenvalue weighted by Crippen LogP contribution is -2.58. The molecule has 3 rings (SSSR count). The molecule has 0 saturated carbocycles. The Kier molecular flexibility index (Phi) is 34.2. The lowest BCUT2D eigenvalue weighted by molar-refractivity contribution is -0.143. The summed E-state index contributed by atoms with van der Waals surface area (Å²) in [6, 6.07) is -11.9. The van der Waals surface area contributed by atoms with Gasteiger partial charge in [0, 0.05) is 44.4 Å². The van der Waals surface area contributed by atoms with Crippen LogP contribution in [0.4, 0.5) is 0 Å². The van der Waals surface area contributed by atoms with Crippen molar-refractivity contribution in [2.45, 2.75) is 166 Å². The number of nitrogens with one attached hydrogen (secondary N) is 12. The summed E-state index contributed by atoms with van der Waals surface area (Å²) in [5.41, 5.74) is 27.7. The third-order valence-corrected chi connectivity index (χ3v) is 15.2. The molecule has 96 heavy (non-hydrogen) atoms. The van der Waals surface area contributed by atoms with Crippen LogP contribution in [0.15, 0.2) is 17.5 Å². The summed E-state index contributed by atoms with van der Waals surface area (Å²) in [6.45, 7) is 4.01. The molecule has 0 radical (unpaired) electrons. The Morgan fingerprint density at radius 1 is 0.562 bits per heavy atom. The number of carboxylic acid groups (broad SMARTS) is 2. The maximum Gasteiger partial charge on any atom is 0.326 e. The first kappa shape index (κ1) is 80.2. The molecule has 24 N–H and O–H groups in total. The van der Waals surface area contributed by atoms with Crippen LogP contribution >= 0.6 is 0 Å². The normalized spacial score (nSPS) is 16.3. The van der Waals surface area contributed by atoms with E-state index in [9.17, 15) is 81.8 Å². The van der Waals surface area contributed by atoms with Crippen molar-refractivity contribution >= 4 is 101 Å². The molecule has 0 aliphatic carbocycles. The van der Waals surface area contributed by atoms with E-state index in [1.165, 1.54) is 22.3 Å². The maximum atomic E-state index is 14.1. The Morgan fingerprint density at radius 3 is 1.51 bits per heavy atom. The van der Waals surface area contributed by atoms with Gasteiger partial charge in [-0.15, -0.1) is 0 Å². The summed E-state index contributed by atoms with van der Waals surface area (Å²) in [5.74, 6) is -16.0. The van der Waals surface area contributed by atoms with Gasteiger partial charge in [-0.3, -0.25) is 76.9 Å². The number of amides is 14. The molecule has 0 aromatic carbocycles. The van der Waals surface area contributed by atoms with Crippen LogP contribution in [0.25, 0.3) is 0 Å². The highest BCUT2D eigenvalue weighted by Gasteiger charge is 2.40. The van der Waals surface area contributed by atoms with Gasteiger partial charge in [-0.1, -0.05) is 27.7 Å². The van der Waals surface area contributed by atoms with Gasteiger partial charge in [-0.25, -0.2) is 9.78 Å². The van der Waals surface area contributed by atoms with E-state index in [1.807, 2.05) is 0 Å². The summed E-state index contributed by atoms with van der Waals surface area (Å²) in [5, 5.41) is 45.0. The van der Waals surface area contributed by atoms with Crippen LogP contribution in [0.2, 0.25) is 0 Å². The Labute approximate surface area is 552 Å². The molecule has 2 saturated heterocycles. The standard InChI is InChI=1S/C57H93N21O18/c1-29(2)46(75-53(92)38-13-9-19-78(38)44(84)27-68-55(94)47(30(3)4)76-52(91)37-12-8-18-77(37)43(83)22-59)54(93)67-26-40(80)70-33(10-5-6-16-58)50(89)74-35(20-31-23-63-28-69-31)49(88)66-25-42(82)72-36(21-39(60)79)51(90)73-32(11-7-17-64-57(61)62)48(87)65-24-41(81)71-34(56(95)96)14-15-45(85)86/h23,28-30,32-38,46-47H,5-22,24-27,58-59H2,1-4H3,(H2,60,79)(H,63,69)(H,65,87)(H,66,88)(H,67,93)(H,68,94)(H,70,80)(H,71,81)(H,72,82)(H,73,90)(H,74,89)(H,75,92)(H,76,91)(H,85,86)(H,95,96)(H4,61,62,64)/t32-,33-,34-,35-,36-,37-,38-,46-,47-/m0/s1. The Balaban J connectivity index is 1.67. The van der Waals surface area contributed by atoms with Crippen molar-refractivity contribution in [1.82, 2.24) is 78.3 Å². The topological polar surface area (TPSA) is 624 Å². The number of hydrogen-bond acceptors (Lipinski definition) is 20. The number of aliphatic carboxylic acids is 2. The van der Waals surface area contributed by atoms with Crippen LogP contribution in [0.3, 0.4) is 0 Å². The summed E-state index contributed by atoms with van der Waals surface area (Å²) in [7, 11) is 0. The number of unbranched alkanes of at least 4 members (excludes halogenated alkanes) is 1. The number of aromatic amines is 1.